The van der Waals surface area contributed by atoms with E-state index in [-0.39, 0.29) is 18.4 Å². The molecule has 2 amide bonds. The summed E-state index contributed by atoms with van der Waals surface area (Å²) < 4.78 is 4.81. The Bertz CT molecular complexity index is 455. The van der Waals surface area contributed by atoms with Gasteiger partial charge >= 0.3 is 6.09 Å². The molecule has 0 spiro atoms. The van der Waals surface area contributed by atoms with Crippen molar-refractivity contribution < 1.29 is 14.3 Å². The Morgan fingerprint density at radius 2 is 1.80 bits per heavy atom. The van der Waals surface area contributed by atoms with Gasteiger partial charge in [-0.2, -0.15) is 0 Å². The van der Waals surface area contributed by atoms with Gasteiger partial charge in [0.1, 0.15) is 6.04 Å². The smallest absolute Gasteiger partial charge is 0.407 e. The number of nitrogens with one attached hydrogen (secondary N) is 2. The molecule has 5 heteroatoms. The molecule has 0 radical (unpaired) electrons. The lowest BCUT2D eigenvalue weighted by Crippen LogP contribution is -2.47. The third-order valence-corrected chi connectivity index (χ3v) is 2.82. The maximum atomic E-state index is 12.2. The van der Waals surface area contributed by atoms with Crippen LogP contribution in [0.1, 0.15) is 26.3 Å². The van der Waals surface area contributed by atoms with Gasteiger partial charge in [0, 0.05) is 5.69 Å². The van der Waals surface area contributed by atoms with E-state index >= 15 is 0 Å². The summed E-state index contributed by atoms with van der Waals surface area (Å²) >= 11 is 0. The molecular formula is C15H22N2O3. The number of hydrogen-bond donors (Lipinski definition) is 2. The summed E-state index contributed by atoms with van der Waals surface area (Å²) in [5.74, 6) is -0.290. The predicted molar refractivity (Wildman–Crippen MR) is 78.6 cm³/mol. The van der Waals surface area contributed by atoms with Crippen LogP contribution in [0.2, 0.25) is 0 Å². The van der Waals surface area contributed by atoms with E-state index in [1.165, 1.54) is 0 Å². The first-order valence-corrected chi connectivity index (χ1v) is 6.74. The fourth-order valence-electron chi connectivity index (χ4n) is 1.69. The van der Waals surface area contributed by atoms with E-state index in [0.717, 1.165) is 5.56 Å². The number of benzene rings is 1. The molecular weight excluding hydrogens is 256 g/mol. The first kappa shape index (κ1) is 16.0. The second-order valence-electron chi connectivity index (χ2n) is 4.94. The summed E-state index contributed by atoms with van der Waals surface area (Å²) in [6.45, 7) is 7.70. The van der Waals surface area contributed by atoms with E-state index in [0.29, 0.717) is 5.69 Å². The average Bonchev–Trinajstić information content (AvgIpc) is 2.38. The van der Waals surface area contributed by atoms with Crippen molar-refractivity contribution in [2.45, 2.75) is 33.7 Å². The van der Waals surface area contributed by atoms with Crippen LogP contribution in [0.15, 0.2) is 24.3 Å². The van der Waals surface area contributed by atoms with E-state index in [1.54, 1.807) is 6.92 Å². The predicted octanol–water partition coefficient (Wildman–Crippen LogP) is 2.70. The normalized spacial score (nSPS) is 11.8. The van der Waals surface area contributed by atoms with Gasteiger partial charge in [-0.05, 0) is 31.9 Å². The standard InChI is InChI=1S/C15H22N2O3/c1-5-20-15(19)17-13(10(2)3)14(18)16-12-8-6-11(4)7-9-12/h6-10,13H,5H2,1-4H3,(H,16,18)(H,17,19). The van der Waals surface area contributed by atoms with Crippen LogP contribution in [0.3, 0.4) is 0 Å². The number of hydrogen-bond acceptors (Lipinski definition) is 3. The second kappa shape index (κ2) is 7.53. The van der Waals surface area contributed by atoms with Gasteiger partial charge < -0.3 is 15.4 Å². The van der Waals surface area contributed by atoms with Gasteiger partial charge in [0.25, 0.3) is 0 Å². The molecule has 1 aromatic carbocycles. The monoisotopic (exact) mass is 278 g/mol. The molecule has 0 saturated heterocycles. The van der Waals surface area contributed by atoms with Crippen LogP contribution in [0.25, 0.3) is 0 Å². The highest BCUT2D eigenvalue weighted by Gasteiger charge is 2.24. The molecule has 20 heavy (non-hydrogen) atoms. The number of rotatable bonds is 5. The van der Waals surface area contributed by atoms with Crippen LogP contribution in [0.4, 0.5) is 10.5 Å². The number of anilines is 1. The molecule has 110 valence electrons. The van der Waals surface area contributed by atoms with Crippen molar-refractivity contribution in [1.82, 2.24) is 5.32 Å². The first-order chi connectivity index (χ1) is 9.43. The highest BCUT2D eigenvalue weighted by Crippen LogP contribution is 2.11. The van der Waals surface area contributed by atoms with Crippen molar-refractivity contribution in [1.29, 1.82) is 0 Å². The Labute approximate surface area is 119 Å². The van der Waals surface area contributed by atoms with Gasteiger partial charge in [0.15, 0.2) is 0 Å². The maximum absolute atomic E-state index is 12.2. The van der Waals surface area contributed by atoms with E-state index in [1.807, 2.05) is 45.0 Å². The van der Waals surface area contributed by atoms with Crippen molar-refractivity contribution >= 4 is 17.7 Å². The lowest BCUT2D eigenvalue weighted by atomic mass is 10.0. The first-order valence-electron chi connectivity index (χ1n) is 6.74. The lowest BCUT2D eigenvalue weighted by molar-refractivity contribution is -0.119. The van der Waals surface area contributed by atoms with Gasteiger partial charge in [-0.3, -0.25) is 4.79 Å². The van der Waals surface area contributed by atoms with Gasteiger partial charge in [0.2, 0.25) is 5.91 Å². The molecule has 0 aromatic heterocycles. The fraction of sp³-hybridized carbons (Fsp3) is 0.467. The van der Waals surface area contributed by atoms with Crippen molar-refractivity contribution in [3.63, 3.8) is 0 Å². The Kier molecular flexibility index (Phi) is 6.03. The molecule has 0 aliphatic rings. The average molecular weight is 278 g/mol. The summed E-state index contributed by atoms with van der Waals surface area (Å²) in [6.07, 6.45) is -0.578. The van der Waals surface area contributed by atoms with Crippen LogP contribution < -0.4 is 10.6 Å². The molecule has 0 saturated carbocycles. The molecule has 0 aliphatic carbocycles. The van der Waals surface area contributed by atoms with Gasteiger partial charge in [-0.25, -0.2) is 4.79 Å². The third-order valence-electron chi connectivity index (χ3n) is 2.82. The number of aryl methyl sites for hydroxylation is 1. The molecule has 1 aromatic rings. The van der Waals surface area contributed by atoms with Crippen LogP contribution >= 0.6 is 0 Å². The van der Waals surface area contributed by atoms with Crippen LogP contribution in [0.5, 0.6) is 0 Å². The zero-order valence-electron chi connectivity index (χ0n) is 12.4. The summed E-state index contributed by atoms with van der Waals surface area (Å²) in [5, 5.41) is 5.36. The Balaban J connectivity index is 2.69. The molecule has 2 N–H and O–H groups in total. The number of alkyl carbamates (subject to hydrolysis) is 1. The highest BCUT2D eigenvalue weighted by molar-refractivity contribution is 5.96. The van der Waals surface area contributed by atoms with Crippen molar-refractivity contribution in [3.8, 4) is 0 Å². The number of carbonyl (C=O) groups excluding carboxylic acids is 2. The minimum atomic E-state index is -0.629. The van der Waals surface area contributed by atoms with E-state index in [4.69, 9.17) is 4.74 Å². The van der Waals surface area contributed by atoms with Crippen LogP contribution in [-0.2, 0) is 9.53 Å². The van der Waals surface area contributed by atoms with Gasteiger partial charge in [-0.15, -0.1) is 0 Å². The van der Waals surface area contributed by atoms with Crippen LogP contribution in [-0.4, -0.2) is 24.6 Å². The minimum Gasteiger partial charge on any atom is -0.450 e. The molecule has 5 nitrogen and oxygen atoms in total. The molecule has 0 fully saturated rings. The third kappa shape index (κ3) is 4.91. The zero-order valence-corrected chi connectivity index (χ0v) is 12.4. The van der Waals surface area contributed by atoms with E-state index < -0.39 is 12.1 Å². The fourth-order valence-corrected chi connectivity index (χ4v) is 1.69. The van der Waals surface area contributed by atoms with Gasteiger partial charge in [0.05, 0.1) is 6.61 Å². The Morgan fingerprint density at radius 1 is 1.20 bits per heavy atom. The van der Waals surface area contributed by atoms with Crippen LogP contribution in [0, 0.1) is 12.8 Å². The number of amides is 2. The van der Waals surface area contributed by atoms with E-state index in [2.05, 4.69) is 10.6 Å². The topological polar surface area (TPSA) is 67.4 Å². The minimum absolute atomic E-state index is 0.0372. The largest absolute Gasteiger partial charge is 0.450 e. The maximum Gasteiger partial charge on any atom is 0.407 e. The quantitative estimate of drug-likeness (QED) is 0.870. The second-order valence-corrected chi connectivity index (χ2v) is 4.94. The summed E-state index contributed by atoms with van der Waals surface area (Å²) in [6, 6.07) is 6.86. The molecule has 0 aliphatic heterocycles. The molecule has 0 bridgehead atoms. The summed E-state index contributed by atoms with van der Waals surface area (Å²) in [7, 11) is 0. The van der Waals surface area contributed by atoms with Crippen molar-refractivity contribution in [3.05, 3.63) is 29.8 Å². The van der Waals surface area contributed by atoms with Gasteiger partial charge in [-0.1, -0.05) is 31.5 Å². The molecule has 1 rings (SSSR count). The summed E-state index contributed by atoms with van der Waals surface area (Å²) in [4.78, 5) is 23.6. The van der Waals surface area contributed by atoms with E-state index in [9.17, 15) is 9.59 Å². The van der Waals surface area contributed by atoms with Crippen molar-refractivity contribution in [2.75, 3.05) is 11.9 Å². The Hall–Kier alpha value is -2.04. The number of carbonyl (C=O) groups is 2. The SMILES string of the molecule is CCOC(=O)NC(C(=O)Nc1ccc(C)cc1)C(C)C. The summed E-state index contributed by atoms with van der Waals surface area (Å²) in [5.41, 5.74) is 1.82. The number of ether oxygens (including phenoxy) is 1. The highest BCUT2D eigenvalue weighted by atomic mass is 16.5. The molecule has 1 unspecified atom stereocenters. The lowest BCUT2D eigenvalue weighted by Gasteiger charge is -2.21. The van der Waals surface area contributed by atoms with Crippen molar-refractivity contribution in [2.24, 2.45) is 5.92 Å². The molecule has 1 atom stereocenters. The molecule has 0 heterocycles. The Morgan fingerprint density at radius 3 is 2.30 bits per heavy atom. The zero-order chi connectivity index (χ0) is 15.1.